The summed E-state index contributed by atoms with van der Waals surface area (Å²) >= 11 is 0. The van der Waals surface area contributed by atoms with Gasteiger partial charge in [-0.05, 0) is 42.2 Å². The first-order valence-corrected chi connectivity index (χ1v) is 30.7. The van der Waals surface area contributed by atoms with Crippen LogP contribution in [0.4, 0.5) is 5.82 Å². The molecule has 3 N–H and O–H groups in total. The van der Waals surface area contributed by atoms with Crippen molar-refractivity contribution in [2.24, 2.45) is 4.99 Å². The van der Waals surface area contributed by atoms with E-state index < -0.39 is 0 Å². The Morgan fingerprint density at radius 3 is 1.38 bits per heavy atom. The van der Waals surface area contributed by atoms with E-state index in [1.807, 2.05) is 43.3 Å². The number of fused-ring (bicyclic) bond motifs is 7. The number of allylic oxidation sites excluding steroid dienone is 2. The molecular formula is C69H89N21O. The first-order valence-electron chi connectivity index (χ1n) is 30.7. The second-order valence-corrected chi connectivity index (χ2v) is 29.6. The Balaban J connectivity index is 0.000000137. The number of aromatic nitrogens is 20. The smallest absolute Gasteiger partial charge is 0.201 e. The van der Waals surface area contributed by atoms with E-state index in [-0.39, 0.29) is 37.9 Å². The Bertz CT molecular complexity index is 3830. The van der Waals surface area contributed by atoms with Gasteiger partial charge in [0.1, 0.15) is 51.9 Å². The molecule has 0 saturated heterocycles. The number of aromatic amines is 3. The average Bonchev–Trinajstić information content (AvgIpc) is 2.22. The maximum atomic E-state index is 5.05. The van der Waals surface area contributed by atoms with Crippen LogP contribution in [0.25, 0.3) is 56.6 Å². The molecule has 476 valence electrons. The molecule has 0 spiro atoms. The SMILES string of the molecule is CC(C)(C)c1ncc2[nH]cnc2n1.CC(C)(C)c1ncc2c(n1)C=CC2.CC(C)(C)c1ncc2c(n1)C=CC2.CC(C)(C)c1ncc2c(n1)N=CC2.CC(C)(C)c1ncc2cc[nH]c2n1.CC(C)(C)c1ncc2cn[nH]c2n1.CC(C)(C)c1ncc2ocnc2n1. The van der Waals surface area contributed by atoms with Crippen molar-refractivity contribution in [3.8, 4) is 0 Å². The molecule has 0 radical (unpaired) electrons. The Morgan fingerprint density at radius 2 is 0.835 bits per heavy atom. The van der Waals surface area contributed by atoms with Crippen LogP contribution >= 0.6 is 0 Å². The summed E-state index contributed by atoms with van der Waals surface area (Å²) in [6.45, 7) is 44.1. The summed E-state index contributed by atoms with van der Waals surface area (Å²) in [5, 5.41) is 8.74. The Morgan fingerprint density at radius 1 is 0.385 bits per heavy atom. The van der Waals surface area contributed by atoms with E-state index >= 15 is 0 Å². The highest BCUT2D eigenvalue weighted by molar-refractivity contribution is 5.75. The van der Waals surface area contributed by atoms with Crippen molar-refractivity contribution < 1.29 is 4.42 Å². The van der Waals surface area contributed by atoms with E-state index in [4.69, 9.17) is 4.42 Å². The van der Waals surface area contributed by atoms with Gasteiger partial charge in [0.25, 0.3) is 0 Å². The average molecular weight is 1230 g/mol. The molecule has 1 aliphatic heterocycles. The molecule has 0 fully saturated rings. The van der Waals surface area contributed by atoms with Gasteiger partial charge in [0.15, 0.2) is 29.1 Å². The molecule has 2 aliphatic carbocycles. The highest BCUT2D eigenvalue weighted by Gasteiger charge is 2.24. The fourth-order valence-electron chi connectivity index (χ4n) is 8.44. The second-order valence-electron chi connectivity index (χ2n) is 29.6. The molecule has 11 aromatic rings. The minimum atomic E-state index is -0.0485. The molecule has 11 aromatic heterocycles. The van der Waals surface area contributed by atoms with Crippen molar-refractivity contribution in [1.82, 2.24) is 99.9 Å². The highest BCUT2D eigenvalue weighted by Crippen LogP contribution is 2.28. The number of nitrogens with zero attached hydrogens (tertiary/aromatic N) is 18. The van der Waals surface area contributed by atoms with E-state index in [2.05, 4.69) is 275 Å². The minimum Gasteiger partial charge on any atom is -0.440 e. The summed E-state index contributed by atoms with van der Waals surface area (Å²) in [5.41, 5.74) is 10.4. The van der Waals surface area contributed by atoms with Crippen molar-refractivity contribution in [2.45, 2.75) is 203 Å². The highest BCUT2D eigenvalue weighted by atomic mass is 16.3. The van der Waals surface area contributed by atoms with Gasteiger partial charge in [-0.25, -0.2) is 79.8 Å². The van der Waals surface area contributed by atoms with Gasteiger partial charge in [-0.15, -0.1) is 0 Å². The summed E-state index contributed by atoms with van der Waals surface area (Å²) in [4.78, 5) is 79.4. The van der Waals surface area contributed by atoms with Crippen LogP contribution in [0.3, 0.4) is 0 Å². The monoisotopic (exact) mass is 1230 g/mol. The van der Waals surface area contributed by atoms with Crippen molar-refractivity contribution >= 4 is 68.6 Å². The van der Waals surface area contributed by atoms with Crippen molar-refractivity contribution in [3.05, 3.63) is 156 Å². The maximum absolute atomic E-state index is 5.05. The van der Waals surface area contributed by atoms with Crippen LogP contribution < -0.4 is 0 Å². The summed E-state index contributed by atoms with van der Waals surface area (Å²) in [5.74, 6) is 6.90. The molecule has 0 unspecified atom stereocenters. The largest absolute Gasteiger partial charge is 0.440 e. The number of rotatable bonds is 0. The van der Waals surface area contributed by atoms with Crippen molar-refractivity contribution in [3.63, 3.8) is 0 Å². The number of hydrogen-bond donors (Lipinski definition) is 3. The molecule has 22 nitrogen and oxygen atoms in total. The van der Waals surface area contributed by atoms with Gasteiger partial charge in [-0.2, -0.15) is 10.1 Å². The lowest BCUT2D eigenvalue weighted by Crippen LogP contribution is -2.16. The lowest BCUT2D eigenvalue weighted by atomic mass is 9.95. The van der Waals surface area contributed by atoms with E-state index in [9.17, 15) is 0 Å². The minimum absolute atomic E-state index is 0.00708. The molecule has 0 amide bonds. The lowest BCUT2D eigenvalue weighted by molar-refractivity contribution is 0.543. The van der Waals surface area contributed by atoms with Crippen LogP contribution in [-0.4, -0.2) is 106 Å². The third-order valence-corrected chi connectivity index (χ3v) is 13.8. The normalized spacial score (nSPS) is 13.3. The number of nitrogens with one attached hydrogen (secondary N) is 3. The molecular weight excluding hydrogens is 1140 g/mol. The predicted molar refractivity (Wildman–Crippen MR) is 361 cm³/mol. The van der Waals surface area contributed by atoms with Crippen LogP contribution in [0.15, 0.2) is 96.1 Å². The van der Waals surface area contributed by atoms with Crippen molar-refractivity contribution in [1.29, 1.82) is 0 Å². The third-order valence-electron chi connectivity index (χ3n) is 13.8. The van der Waals surface area contributed by atoms with E-state index in [1.54, 1.807) is 31.1 Å². The van der Waals surface area contributed by atoms with Crippen LogP contribution in [0.1, 0.15) is 214 Å². The zero-order chi connectivity index (χ0) is 66.3. The van der Waals surface area contributed by atoms with Gasteiger partial charge in [0.2, 0.25) is 5.65 Å². The maximum Gasteiger partial charge on any atom is 0.201 e. The quantitative estimate of drug-likeness (QED) is 0.127. The number of hydrogen-bond acceptors (Lipinski definition) is 19. The molecule has 91 heavy (non-hydrogen) atoms. The molecule has 0 aromatic carbocycles. The summed E-state index contributed by atoms with van der Waals surface area (Å²) < 4.78 is 5.05. The van der Waals surface area contributed by atoms with E-state index in [0.717, 1.165) is 116 Å². The molecule has 14 rings (SSSR count). The predicted octanol–water partition coefficient (Wildman–Crippen LogP) is 14.2. The Labute approximate surface area is 533 Å². The van der Waals surface area contributed by atoms with Gasteiger partial charge < -0.3 is 14.4 Å². The van der Waals surface area contributed by atoms with Crippen LogP contribution in [-0.2, 0) is 57.2 Å². The lowest BCUT2D eigenvalue weighted by Gasteiger charge is -2.16. The van der Waals surface area contributed by atoms with E-state index in [1.165, 1.54) is 17.5 Å². The molecule has 3 aliphatic rings. The van der Waals surface area contributed by atoms with Gasteiger partial charge in [0.05, 0.1) is 41.7 Å². The molecule has 0 atom stereocenters. The summed E-state index contributed by atoms with van der Waals surface area (Å²) in [6, 6.07) is 1.97. The van der Waals surface area contributed by atoms with Crippen LogP contribution in [0.2, 0.25) is 0 Å². The molecule has 22 heteroatoms. The molecule has 0 bridgehead atoms. The van der Waals surface area contributed by atoms with Crippen LogP contribution in [0, 0.1) is 0 Å². The fraction of sp³-hybridized carbons (Fsp3) is 0.449. The van der Waals surface area contributed by atoms with Gasteiger partial charge in [0, 0.05) is 98.7 Å². The van der Waals surface area contributed by atoms with Crippen molar-refractivity contribution in [2.75, 3.05) is 0 Å². The first-order chi connectivity index (χ1) is 42.5. The summed E-state index contributed by atoms with van der Waals surface area (Å²) in [7, 11) is 0. The van der Waals surface area contributed by atoms with Gasteiger partial charge >= 0.3 is 0 Å². The van der Waals surface area contributed by atoms with Gasteiger partial charge in [-0.3, -0.25) is 5.10 Å². The van der Waals surface area contributed by atoms with Gasteiger partial charge in [-0.1, -0.05) is 158 Å². The molecule has 0 saturated carbocycles. The van der Waals surface area contributed by atoms with E-state index in [0.29, 0.717) is 11.2 Å². The zero-order valence-electron chi connectivity index (χ0n) is 56.9. The standard InChI is InChI=1S/2C11H14N2.2C10H13N3.2C9H12N4.C9H11N3O/c2*1-11(2,3)10-12-7-8-5-4-6-9(8)13-10;2*1-10(2,3)9-12-6-7-4-5-11-8(7)13-9;1-9(2,3)8-10-4-6-7(13-8)12-5-11-6;1-9(2,3)8-10-4-6-5-11-13-7(6)12-8;1-9(2,3)8-10-4-6-7(12-8)11-5-13-6/h2*4,6-7H,5H2,1-3H3;5-6H,4H2,1-3H3;4-6H,1-3H3,(H,11,12,13);2*4-5H,1-3H3,(H,10,11,12,13);4-5H,1-3H3. The Kier molecular flexibility index (Phi) is 20.1. The number of oxazole rings is 1. The van der Waals surface area contributed by atoms with Crippen LogP contribution in [0.5, 0.6) is 0 Å². The summed E-state index contributed by atoms with van der Waals surface area (Å²) in [6.07, 6.45) is 32.6. The topological polar surface area (TPSA) is 292 Å². The first kappa shape index (κ1) is 67.6. The number of H-pyrrole nitrogens is 3. The third kappa shape index (κ3) is 18.2. The zero-order valence-corrected chi connectivity index (χ0v) is 56.9. The number of aliphatic imine (C=N–C) groups is 1. The molecule has 12 heterocycles. The second kappa shape index (κ2) is 27.0. The Hall–Kier alpha value is -9.34. The number of imidazole rings is 1. The fourth-order valence-corrected chi connectivity index (χ4v) is 8.44.